The van der Waals surface area contributed by atoms with E-state index in [-0.39, 0.29) is 12.3 Å². The number of aliphatic carboxylic acids is 1. The third-order valence-corrected chi connectivity index (χ3v) is 3.94. The Kier molecular flexibility index (Phi) is 6.85. The van der Waals surface area contributed by atoms with Crippen LogP contribution in [-0.4, -0.2) is 44.4 Å². The molecule has 0 saturated heterocycles. The first-order valence-electron chi connectivity index (χ1n) is 5.53. The molecular formula is C10H19NO6S. The highest BCUT2D eigenvalue weighted by molar-refractivity contribution is 7.89. The van der Waals surface area contributed by atoms with Crippen LogP contribution in [0.2, 0.25) is 0 Å². The highest BCUT2D eigenvalue weighted by Gasteiger charge is 2.28. The highest BCUT2D eigenvalue weighted by atomic mass is 32.2. The average molecular weight is 281 g/mol. The first-order chi connectivity index (χ1) is 8.23. The Morgan fingerprint density at radius 3 is 2.33 bits per heavy atom. The topological polar surface area (TPSA) is 110 Å². The molecule has 18 heavy (non-hydrogen) atoms. The molecule has 0 aromatic rings. The van der Waals surface area contributed by atoms with Gasteiger partial charge in [0, 0.05) is 0 Å². The van der Waals surface area contributed by atoms with Crippen molar-refractivity contribution in [1.82, 2.24) is 4.72 Å². The summed E-state index contributed by atoms with van der Waals surface area (Å²) >= 11 is 0. The van der Waals surface area contributed by atoms with Crippen LogP contribution in [0.3, 0.4) is 0 Å². The zero-order valence-electron chi connectivity index (χ0n) is 10.7. The molecule has 0 heterocycles. The Labute approximate surface area is 107 Å². The second kappa shape index (κ2) is 7.32. The molecule has 0 aliphatic heterocycles. The summed E-state index contributed by atoms with van der Waals surface area (Å²) in [5, 5.41) is 8.94. The fourth-order valence-corrected chi connectivity index (χ4v) is 2.49. The summed E-state index contributed by atoms with van der Waals surface area (Å²) < 4.78 is 29.6. The van der Waals surface area contributed by atoms with Crippen molar-refractivity contribution in [3.8, 4) is 0 Å². The minimum atomic E-state index is -3.82. The summed E-state index contributed by atoms with van der Waals surface area (Å²) in [5.41, 5.74) is 0. The molecule has 0 aliphatic carbocycles. The van der Waals surface area contributed by atoms with Crippen LogP contribution in [0, 0.1) is 5.92 Å². The van der Waals surface area contributed by atoms with E-state index in [1.807, 2.05) is 0 Å². The fourth-order valence-electron chi connectivity index (χ4n) is 1.22. The normalized spacial score (nSPS) is 14.8. The number of esters is 1. The minimum absolute atomic E-state index is 0.307. The Bertz CT molecular complexity index is 391. The molecule has 0 fully saturated rings. The van der Waals surface area contributed by atoms with Crippen LogP contribution in [0.1, 0.15) is 26.7 Å². The van der Waals surface area contributed by atoms with Crippen molar-refractivity contribution in [3.63, 3.8) is 0 Å². The third-order valence-electron chi connectivity index (χ3n) is 2.59. The minimum Gasteiger partial charge on any atom is -0.480 e. The van der Waals surface area contributed by atoms with Crippen molar-refractivity contribution in [1.29, 1.82) is 0 Å². The molecule has 0 rings (SSSR count). The first kappa shape index (κ1) is 16.9. The molecule has 0 aliphatic rings. The highest BCUT2D eigenvalue weighted by Crippen LogP contribution is 2.09. The van der Waals surface area contributed by atoms with Crippen molar-refractivity contribution >= 4 is 22.0 Å². The maximum atomic E-state index is 11.6. The number of hydrogen-bond donors (Lipinski definition) is 2. The number of hydrogen-bond acceptors (Lipinski definition) is 5. The van der Waals surface area contributed by atoms with Gasteiger partial charge in [-0.3, -0.25) is 9.59 Å². The quantitative estimate of drug-likeness (QED) is 0.604. The van der Waals surface area contributed by atoms with Crippen LogP contribution in [0.15, 0.2) is 0 Å². The monoisotopic (exact) mass is 281 g/mol. The van der Waals surface area contributed by atoms with E-state index in [0.717, 1.165) is 7.11 Å². The van der Waals surface area contributed by atoms with Crippen molar-refractivity contribution in [3.05, 3.63) is 0 Å². The number of methoxy groups -OCH3 is 1. The van der Waals surface area contributed by atoms with E-state index >= 15 is 0 Å². The molecule has 0 saturated carbocycles. The lowest BCUT2D eigenvalue weighted by atomic mass is 10.0. The van der Waals surface area contributed by atoms with Crippen LogP contribution in [0.25, 0.3) is 0 Å². The molecule has 0 bridgehead atoms. The Morgan fingerprint density at radius 1 is 1.39 bits per heavy atom. The van der Waals surface area contributed by atoms with Crippen molar-refractivity contribution in [2.45, 2.75) is 32.7 Å². The summed E-state index contributed by atoms with van der Waals surface area (Å²) in [6.07, 6.45) is 0.217. The van der Waals surface area contributed by atoms with E-state index in [4.69, 9.17) is 5.11 Å². The van der Waals surface area contributed by atoms with Gasteiger partial charge in [-0.15, -0.1) is 0 Å². The lowest BCUT2D eigenvalue weighted by molar-refractivity contribution is -0.140. The second-order valence-electron chi connectivity index (χ2n) is 3.96. The van der Waals surface area contributed by atoms with Gasteiger partial charge in [0.15, 0.2) is 0 Å². The molecule has 0 radical (unpaired) electrons. The van der Waals surface area contributed by atoms with Gasteiger partial charge in [0.1, 0.15) is 6.04 Å². The van der Waals surface area contributed by atoms with E-state index in [1.165, 1.54) is 0 Å². The molecule has 0 spiro atoms. The van der Waals surface area contributed by atoms with Gasteiger partial charge in [-0.05, 0) is 5.92 Å². The maximum absolute atomic E-state index is 11.6. The first-order valence-corrected chi connectivity index (χ1v) is 7.18. The lowest BCUT2D eigenvalue weighted by Crippen LogP contribution is -2.45. The zero-order valence-corrected chi connectivity index (χ0v) is 11.5. The summed E-state index contributed by atoms with van der Waals surface area (Å²) in [6, 6.07) is -1.18. The number of carbonyl (C=O) groups excluding carboxylic acids is 1. The standard InChI is InChI=1S/C10H19NO6S/c1-4-7(2)9(10(13)14)11-18(15,16)6-5-8(12)17-3/h7,9,11H,4-6H2,1-3H3,(H,13,14)/t7-,9-/m0/s1. The Hall–Kier alpha value is -1.15. The van der Waals surface area contributed by atoms with Gasteiger partial charge >= 0.3 is 11.9 Å². The fraction of sp³-hybridized carbons (Fsp3) is 0.800. The Balaban J connectivity index is 4.62. The summed E-state index contributed by atoms with van der Waals surface area (Å²) in [6.45, 7) is 3.41. The molecular weight excluding hydrogens is 262 g/mol. The van der Waals surface area contributed by atoms with Crippen molar-refractivity contribution in [2.75, 3.05) is 12.9 Å². The molecule has 2 N–H and O–H groups in total. The second-order valence-corrected chi connectivity index (χ2v) is 5.84. The predicted molar refractivity (Wildman–Crippen MR) is 64.4 cm³/mol. The molecule has 0 amide bonds. The number of rotatable bonds is 8. The number of carboxylic acid groups (broad SMARTS) is 1. The van der Waals surface area contributed by atoms with Gasteiger partial charge in [0.2, 0.25) is 10.0 Å². The number of ether oxygens (including phenoxy) is 1. The van der Waals surface area contributed by atoms with E-state index in [2.05, 4.69) is 9.46 Å². The summed E-state index contributed by atoms with van der Waals surface area (Å²) in [5.74, 6) is -2.71. The van der Waals surface area contributed by atoms with E-state index in [1.54, 1.807) is 13.8 Å². The molecule has 2 atom stereocenters. The van der Waals surface area contributed by atoms with Crippen LogP contribution < -0.4 is 4.72 Å². The molecule has 8 heteroatoms. The summed E-state index contributed by atoms with van der Waals surface area (Å²) in [7, 11) is -2.66. The van der Waals surface area contributed by atoms with Gasteiger partial charge in [-0.2, -0.15) is 0 Å². The van der Waals surface area contributed by atoms with Crippen LogP contribution in [0.4, 0.5) is 0 Å². The third kappa shape index (κ3) is 5.97. The molecule has 0 aromatic carbocycles. The number of sulfonamides is 1. The SMILES string of the molecule is CC[C@H](C)[C@H](NS(=O)(=O)CCC(=O)OC)C(=O)O. The van der Waals surface area contributed by atoms with Gasteiger partial charge in [0.05, 0.1) is 19.3 Å². The van der Waals surface area contributed by atoms with Crippen molar-refractivity contribution < 1.29 is 27.9 Å². The van der Waals surface area contributed by atoms with Crippen molar-refractivity contribution in [2.24, 2.45) is 5.92 Å². The number of nitrogens with one attached hydrogen (secondary N) is 1. The predicted octanol–water partition coefficient (Wildman–Crippen LogP) is -0.0318. The lowest BCUT2D eigenvalue weighted by Gasteiger charge is -2.19. The average Bonchev–Trinajstić information content (AvgIpc) is 2.31. The molecule has 0 unspecified atom stereocenters. The summed E-state index contributed by atoms with van der Waals surface area (Å²) in [4.78, 5) is 21.8. The van der Waals surface area contributed by atoms with E-state index < -0.39 is 33.8 Å². The van der Waals surface area contributed by atoms with Crippen LogP contribution in [-0.2, 0) is 24.3 Å². The molecule has 0 aromatic heterocycles. The smallest absolute Gasteiger partial charge is 0.322 e. The van der Waals surface area contributed by atoms with Gasteiger partial charge < -0.3 is 9.84 Å². The number of carboxylic acids is 1. The van der Waals surface area contributed by atoms with Crippen LogP contribution >= 0.6 is 0 Å². The molecule has 106 valence electrons. The largest absolute Gasteiger partial charge is 0.480 e. The van der Waals surface area contributed by atoms with E-state index in [9.17, 15) is 18.0 Å². The zero-order chi connectivity index (χ0) is 14.3. The van der Waals surface area contributed by atoms with Gasteiger partial charge in [0.25, 0.3) is 0 Å². The van der Waals surface area contributed by atoms with Gasteiger partial charge in [-0.25, -0.2) is 13.1 Å². The molecule has 7 nitrogen and oxygen atoms in total. The van der Waals surface area contributed by atoms with Gasteiger partial charge in [-0.1, -0.05) is 20.3 Å². The van der Waals surface area contributed by atoms with Crippen LogP contribution in [0.5, 0.6) is 0 Å². The van der Waals surface area contributed by atoms with E-state index in [0.29, 0.717) is 6.42 Å². The Morgan fingerprint density at radius 2 is 1.94 bits per heavy atom. The maximum Gasteiger partial charge on any atom is 0.322 e. The number of carbonyl (C=O) groups is 2.